The van der Waals surface area contributed by atoms with Gasteiger partial charge in [0.15, 0.2) is 0 Å². The van der Waals surface area contributed by atoms with E-state index in [2.05, 4.69) is 22.4 Å². The standard InChI is InChI=1S/C17H30N4/c18-19-16(12-14-6-2-1-3-7-14)13-15-10-11-21(20-15)17-8-4-5-9-17/h10-11,14,16-17,19H,1-9,12-13,18H2. The molecule has 2 aliphatic carbocycles. The van der Waals surface area contributed by atoms with E-state index in [1.165, 1.54) is 69.9 Å². The van der Waals surface area contributed by atoms with Gasteiger partial charge < -0.3 is 0 Å². The van der Waals surface area contributed by atoms with Gasteiger partial charge in [0.05, 0.1) is 11.7 Å². The van der Waals surface area contributed by atoms with Crippen molar-refractivity contribution in [3.05, 3.63) is 18.0 Å². The van der Waals surface area contributed by atoms with E-state index in [-0.39, 0.29) is 0 Å². The molecule has 0 amide bonds. The van der Waals surface area contributed by atoms with E-state index in [1.807, 2.05) is 0 Å². The van der Waals surface area contributed by atoms with E-state index < -0.39 is 0 Å². The summed E-state index contributed by atoms with van der Waals surface area (Å²) in [5.41, 5.74) is 4.22. The predicted octanol–water partition coefficient (Wildman–Crippen LogP) is 3.34. The molecule has 2 saturated carbocycles. The van der Waals surface area contributed by atoms with Gasteiger partial charge in [0.1, 0.15) is 0 Å². The minimum atomic E-state index is 0.375. The molecule has 0 aliphatic heterocycles. The van der Waals surface area contributed by atoms with Crippen LogP contribution in [0.4, 0.5) is 0 Å². The highest BCUT2D eigenvalue weighted by molar-refractivity contribution is 5.03. The van der Waals surface area contributed by atoms with Crippen molar-refractivity contribution in [3.8, 4) is 0 Å². The first-order valence-corrected chi connectivity index (χ1v) is 8.85. The van der Waals surface area contributed by atoms with Gasteiger partial charge in [0.2, 0.25) is 0 Å². The van der Waals surface area contributed by atoms with Crippen LogP contribution < -0.4 is 11.3 Å². The summed E-state index contributed by atoms with van der Waals surface area (Å²) >= 11 is 0. The SMILES string of the molecule is NNC(Cc1ccn(C2CCCC2)n1)CC1CCCCC1. The largest absolute Gasteiger partial charge is 0.271 e. The van der Waals surface area contributed by atoms with Gasteiger partial charge in [0.25, 0.3) is 0 Å². The number of hydrogen-bond acceptors (Lipinski definition) is 3. The summed E-state index contributed by atoms with van der Waals surface area (Å²) in [6.45, 7) is 0. The van der Waals surface area contributed by atoms with Crippen LogP contribution >= 0.6 is 0 Å². The molecule has 1 aromatic rings. The number of rotatable bonds is 6. The quantitative estimate of drug-likeness (QED) is 0.624. The van der Waals surface area contributed by atoms with Gasteiger partial charge >= 0.3 is 0 Å². The lowest BCUT2D eigenvalue weighted by Gasteiger charge is -2.25. The Morgan fingerprint density at radius 3 is 2.57 bits per heavy atom. The van der Waals surface area contributed by atoms with Crippen molar-refractivity contribution < 1.29 is 0 Å². The fourth-order valence-corrected chi connectivity index (χ4v) is 4.15. The van der Waals surface area contributed by atoms with E-state index in [0.717, 1.165) is 12.3 Å². The Hall–Kier alpha value is -0.870. The fraction of sp³-hybridized carbons (Fsp3) is 0.824. The molecule has 1 aromatic heterocycles. The van der Waals surface area contributed by atoms with Gasteiger partial charge in [0, 0.05) is 18.7 Å². The summed E-state index contributed by atoms with van der Waals surface area (Å²) in [5.74, 6) is 6.64. The zero-order valence-corrected chi connectivity index (χ0v) is 13.1. The van der Waals surface area contributed by atoms with E-state index in [9.17, 15) is 0 Å². The molecule has 4 heteroatoms. The first-order chi connectivity index (χ1) is 10.3. The van der Waals surface area contributed by atoms with Gasteiger partial charge in [-0.3, -0.25) is 16.0 Å². The molecule has 2 aliphatic rings. The Bertz CT molecular complexity index is 416. The van der Waals surface area contributed by atoms with Gasteiger partial charge in [-0.25, -0.2) is 0 Å². The topological polar surface area (TPSA) is 55.9 Å². The van der Waals surface area contributed by atoms with Crippen molar-refractivity contribution in [2.75, 3.05) is 0 Å². The second-order valence-electron chi connectivity index (χ2n) is 7.03. The van der Waals surface area contributed by atoms with Crippen molar-refractivity contribution in [2.24, 2.45) is 11.8 Å². The van der Waals surface area contributed by atoms with Crippen LogP contribution in [0.15, 0.2) is 12.3 Å². The Kier molecular flexibility index (Phi) is 5.31. The Balaban J connectivity index is 1.53. The number of nitrogens with two attached hydrogens (primary N) is 1. The van der Waals surface area contributed by atoms with E-state index in [0.29, 0.717) is 12.1 Å². The second-order valence-corrected chi connectivity index (χ2v) is 7.03. The van der Waals surface area contributed by atoms with E-state index in [4.69, 9.17) is 10.9 Å². The zero-order chi connectivity index (χ0) is 14.5. The minimum Gasteiger partial charge on any atom is -0.271 e. The molecule has 1 heterocycles. The second kappa shape index (κ2) is 7.41. The molecule has 0 radical (unpaired) electrons. The summed E-state index contributed by atoms with van der Waals surface area (Å²) in [5, 5.41) is 4.79. The first-order valence-electron chi connectivity index (χ1n) is 8.85. The lowest BCUT2D eigenvalue weighted by molar-refractivity contribution is 0.296. The molecule has 1 atom stereocenters. The van der Waals surface area contributed by atoms with Gasteiger partial charge in [-0.15, -0.1) is 0 Å². The van der Waals surface area contributed by atoms with Crippen LogP contribution in [-0.4, -0.2) is 15.8 Å². The maximum absolute atomic E-state index is 5.78. The monoisotopic (exact) mass is 290 g/mol. The molecule has 4 nitrogen and oxygen atoms in total. The molecule has 2 fully saturated rings. The van der Waals surface area contributed by atoms with Crippen molar-refractivity contribution >= 4 is 0 Å². The number of hydrazine groups is 1. The Morgan fingerprint density at radius 2 is 1.86 bits per heavy atom. The third kappa shape index (κ3) is 4.07. The highest BCUT2D eigenvalue weighted by Gasteiger charge is 2.21. The number of nitrogens with one attached hydrogen (secondary N) is 1. The lowest BCUT2D eigenvalue weighted by Crippen LogP contribution is -2.38. The number of hydrogen-bond donors (Lipinski definition) is 2. The minimum absolute atomic E-state index is 0.375. The summed E-state index contributed by atoms with van der Waals surface area (Å²) in [6.07, 6.45) is 16.6. The van der Waals surface area contributed by atoms with Crippen LogP contribution in [0.3, 0.4) is 0 Å². The molecule has 1 unspecified atom stereocenters. The van der Waals surface area contributed by atoms with E-state index >= 15 is 0 Å². The molecular formula is C17H30N4. The van der Waals surface area contributed by atoms with E-state index in [1.54, 1.807) is 0 Å². The molecular weight excluding hydrogens is 260 g/mol. The zero-order valence-electron chi connectivity index (χ0n) is 13.1. The van der Waals surface area contributed by atoms with Crippen LogP contribution in [0, 0.1) is 5.92 Å². The highest BCUT2D eigenvalue weighted by atomic mass is 15.3. The summed E-state index contributed by atoms with van der Waals surface area (Å²) in [6, 6.07) is 3.20. The molecule has 3 rings (SSSR count). The Morgan fingerprint density at radius 1 is 1.14 bits per heavy atom. The average Bonchev–Trinajstić information content (AvgIpc) is 3.18. The smallest absolute Gasteiger partial charge is 0.0640 e. The van der Waals surface area contributed by atoms with Gasteiger partial charge in [-0.2, -0.15) is 5.10 Å². The maximum Gasteiger partial charge on any atom is 0.0640 e. The molecule has 21 heavy (non-hydrogen) atoms. The molecule has 0 saturated heterocycles. The molecule has 0 spiro atoms. The fourth-order valence-electron chi connectivity index (χ4n) is 4.15. The van der Waals surface area contributed by atoms with Crippen LogP contribution in [0.25, 0.3) is 0 Å². The van der Waals surface area contributed by atoms with Crippen LogP contribution in [0.1, 0.15) is 75.9 Å². The van der Waals surface area contributed by atoms with Gasteiger partial charge in [-0.05, 0) is 31.2 Å². The van der Waals surface area contributed by atoms with Crippen LogP contribution in [0.5, 0.6) is 0 Å². The van der Waals surface area contributed by atoms with Crippen LogP contribution in [0.2, 0.25) is 0 Å². The molecule has 0 aromatic carbocycles. The molecule has 0 bridgehead atoms. The highest BCUT2D eigenvalue weighted by Crippen LogP contribution is 2.30. The average molecular weight is 290 g/mol. The predicted molar refractivity (Wildman–Crippen MR) is 85.7 cm³/mol. The normalized spacial score (nSPS) is 22.7. The maximum atomic E-state index is 5.78. The van der Waals surface area contributed by atoms with Crippen molar-refractivity contribution in [2.45, 2.75) is 82.7 Å². The summed E-state index contributed by atoms with van der Waals surface area (Å²) in [7, 11) is 0. The molecule has 118 valence electrons. The first kappa shape index (κ1) is 15.0. The Labute approximate surface area is 128 Å². The third-order valence-corrected chi connectivity index (χ3v) is 5.40. The third-order valence-electron chi connectivity index (χ3n) is 5.40. The van der Waals surface area contributed by atoms with Gasteiger partial charge in [-0.1, -0.05) is 44.9 Å². The van der Waals surface area contributed by atoms with Crippen molar-refractivity contribution in [1.82, 2.24) is 15.2 Å². The summed E-state index contributed by atoms with van der Waals surface area (Å²) < 4.78 is 2.19. The van der Waals surface area contributed by atoms with Crippen molar-refractivity contribution in [1.29, 1.82) is 0 Å². The van der Waals surface area contributed by atoms with Crippen molar-refractivity contribution in [3.63, 3.8) is 0 Å². The molecule has 3 N–H and O–H groups in total. The number of nitrogens with zero attached hydrogens (tertiary/aromatic N) is 2. The van der Waals surface area contributed by atoms with Crippen LogP contribution in [-0.2, 0) is 6.42 Å². The lowest BCUT2D eigenvalue weighted by atomic mass is 9.84. The number of aromatic nitrogens is 2. The summed E-state index contributed by atoms with van der Waals surface area (Å²) in [4.78, 5) is 0.